The predicted octanol–water partition coefficient (Wildman–Crippen LogP) is 4.95. The van der Waals surface area contributed by atoms with Gasteiger partial charge in [-0.15, -0.1) is 0 Å². The van der Waals surface area contributed by atoms with Crippen molar-refractivity contribution >= 4 is 22.8 Å². The summed E-state index contributed by atoms with van der Waals surface area (Å²) in [5, 5.41) is 15.4. The van der Waals surface area contributed by atoms with E-state index in [1.54, 1.807) is 39.9 Å². The van der Waals surface area contributed by atoms with Crippen molar-refractivity contribution in [2.75, 3.05) is 38.6 Å². The number of likely N-dealkylation sites (tertiary alicyclic amines) is 2. The minimum absolute atomic E-state index is 0.130. The average Bonchev–Trinajstić information content (AvgIpc) is 3.38. The Labute approximate surface area is 272 Å². The van der Waals surface area contributed by atoms with Crippen LogP contribution in [0.15, 0.2) is 66.5 Å². The maximum atomic E-state index is 15.6. The lowest BCUT2D eigenvalue weighted by Crippen LogP contribution is -2.70. The highest BCUT2D eigenvalue weighted by atomic mass is 19.1. The van der Waals surface area contributed by atoms with Crippen LogP contribution in [0.5, 0.6) is 11.5 Å². The summed E-state index contributed by atoms with van der Waals surface area (Å²) < 4.78 is 28.5. The number of amides is 1. The van der Waals surface area contributed by atoms with Gasteiger partial charge in [0, 0.05) is 42.2 Å². The molecule has 7 rings (SSSR count). The topological polar surface area (TPSA) is 135 Å². The molecule has 3 aliphatic rings. The van der Waals surface area contributed by atoms with Crippen LogP contribution < -0.4 is 10.5 Å². The standard InChI is InChI=1S/C35H37FN8O3/c1-34(2,42-18-35(19-42)20-46-21-35)15-23(16-37)33(45)43-13-7-6-8-24(43)17-44-32-29(31(38)39-22-40-32)30(41-44)27-12-11-26(14-28(27)36)47-25-9-4-3-5-10-25/h3-5,9-12,14-15,22,24H,6-8,13,17-21H2,1-2H3,(H2,38,39,40)/t24-/m0/s1. The maximum Gasteiger partial charge on any atom is 0.264 e. The number of nitrogens with two attached hydrogens (primary N) is 1. The van der Waals surface area contributed by atoms with Gasteiger partial charge in [-0.2, -0.15) is 10.4 Å². The van der Waals surface area contributed by atoms with Crippen molar-refractivity contribution in [2.24, 2.45) is 5.41 Å². The van der Waals surface area contributed by atoms with Gasteiger partial charge in [-0.05, 0) is 63.5 Å². The summed E-state index contributed by atoms with van der Waals surface area (Å²) in [4.78, 5) is 26.6. The maximum absolute atomic E-state index is 15.6. The normalized spacial score (nSPS) is 19.7. The molecule has 47 heavy (non-hydrogen) atoms. The first-order chi connectivity index (χ1) is 22.7. The molecule has 3 saturated heterocycles. The van der Waals surface area contributed by atoms with Gasteiger partial charge in [-0.3, -0.25) is 9.69 Å². The first-order valence-electron chi connectivity index (χ1n) is 15.9. The van der Waals surface area contributed by atoms with E-state index in [9.17, 15) is 10.1 Å². The number of aromatic nitrogens is 4. The summed E-state index contributed by atoms with van der Waals surface area (Å²) in [6, 6.07) is 15.7. The van der Waals surface area contributed by atoms with E-state index in [-0.39, 0.29) is 34.3 Å². The molecule has 0 bridgehead atoms. The third-order valence-electron chi connectivity index (χ3n) is 9.54. The molecule has 4 aromatic rings. The van der Waals surface area contributed by atoms with E-state index < -0.39 is 11.4 Å². The van der Waals surface area contributed by atoms with Crippen LogP contribution in [0.1, 0.15) is 33.1 Å². The Balaban J connectivity index is 1.15. The number of hydrogen-bond donors (Lipinski definition) is 1. The van der Waals surface area contributed by atoms with Crippen molar-refractivity contribution in [1.82, 2.24) is 29.5 Å². The number of fused-ring (bicyclic) bond motifs is 1. The van der Waals surface area contributed by atoms with Gasteiger partial charge >= 0.3 is 0 Å². The second-order valence-electron chi connectivity index (χ2n) is 13.4. The summed E-state index contributed by atoms with van der Waals surface area (Å²) in [6.45, 7) is 8.21. The molecule has 3 fully saturated rings. The summed E-state index contributed by atoms with van der Waals surface area (Å²) in [5.74, 6) is 0.284. The highest BCUT2D eigenvalue weighted by Gasteiger charge is 2.52. The number of nitrogens with zero attached hydrogens (tertiary/aromatic N) is 7. The van der Waals surface area contributed by atoms with Crippen LogP contribution >= 0.6 is 0 Å². The quantitative estimate of drug-likeness (QED) is 0.211. The molecule has 0 radical (unpaired) electrons. The van der Waals surface area contributed by atoms with E-state index >= 15 is 4.39 Å². The fraction of sp³-hybridized carbons (Fsp3) is 0.400. The second kappa shape index (κ2) is 12.1. The zero-order valence-electron chi connectivity index (χ0n) is 26.5. The lowest BCUT2D eigenvalue weighted by atomic mass is 9.75. The Morgan fingerprint density at radius 1 is 1.17 bits per heavy atom. The number of carbonyl (C=O) groups is 1. The lowest BCUT2D eigenvalue weighted by Gasteiger charge is -2.59. The van der Waals surface area contributed by atoms with Crippen LogP contribution in [0.25, 0.3) is 22.3 Å². The molecule has 2 N–H and O–H groups in total. The largest absolute Gasteiger partial charge is 0.457 e. The molecule has 11 nitrogen and oxygen atoms in total. The van der Waals surface area contributed by atoms with Gasteiger partial charge < -0.3 is 20.1 Å². The molecule has 2 aromatic carbocycles. The highest BCUT2D eigenvalue weighted by Crippen LogP contribution is 2.42. The third-order valence-corrected chi connectivity index (χ3v) is 9.54. The summed E-state index contributed by atoms with van der Waals surface area (Å²) in [7, 11) is 0. The number of hydrogen-bond acceptors (Lipinski definition) is 9. The van der Waals surface area contributed by atoms with E-state index in [4.69, 9.17) is 20.3 Å². The van der Waals surface area contributed by atoms with E-state index in [1.807, 2.05) is 32.0 Å². The van der Waals surface area contributed by atoms with Gasteiger partial charge in [0.05, 0.1) is 31.2 Å². The molecular weight excluding hydrogens is 599 g/mol. The lowest BCUT2D eigenvalue weighted by molar-refractivity contribution is -0.204. The Morgan fingerprint density at radius 2 is 1.96 bits per heavy atom. The van der Waals surface area contributed by atoms with Crippen molar-refractivity contribution in [1.29, 1.82) is 5.26 Å². The Morgan fingerprint density at radius 3 is 2.66 bits per heavy atom. The fourth-order valence-corrected chi connectivity index (χ4v) is 6.86. The third kappa shape index (κ3) is 5.81. The molecule has 2 aromatic heterocycles. The number of ether oxygens (including phenoxy) is 2. The number of carbonyl (C=O) groups excluding carboxylic acids is 1. The molecule has 0 aliphatic carbocycles. The van der Waals surface area contributed by atoms with Crippen molar-refractivity contribution in [3.63, 3.8) is 0 Å². The van der Waals surface area contributed by atoms with Gasteiger partial charge in [0.1, 0.15) is 46.8 Å². The SMILES string of the molecule is CC(C)(C=C(C#N)C(=O)N1CCCC[C@H]1Cn1nc(-c2ccc(Oc3ccccc3)cc2F)c2c(N)ncnc21)N1CC2(COC2)C1. The first-order valence-corrected chi connectivity index (χ1v) is 15.9. The summed E-state index contributed by atoms with van der Waals surface area (Å²) in [5.41, 5.74) is 7.18. The number of rotatable bonds is 8. The van der Waals surface area contributed by atoms with Crippen molar-refractivity contribution < 1.29 is 18.7 Å². The average molecular weight is 637 g/mol. The van der Waals surface area contributed by atoms with E-state index in [0.29, 0.717) is 41.3 Å². The van der Waals surface area contributed by atoms with Crippen LogP contribution in [-0.2, 0) is 16.1 Å². The number of halogens is 1. The van der Waals surface area contributed by atoms with Gasteiger partial charge in [0.25, 0.3) is 5.91 Å². The van der Waals surface area contributed by atoms with Crippen molar-refractivity contribution in [2.45, 2.75) is 51.2 Å². The molecule has 3 aliphatic heterocycles. The molecule has 12 heteroatoms. The zero-order chi connectivity index (χ0) is 32.8. The molecular formula is C35H37FN8O3. The molecule has 5 heterocycles. The number of piperidine rings is 1. The monoisotopic (exact) mass is 636 g/mol. The number of benzene rings is 2. The van der Waals surface area contributed by atoms with Crippen LogP contribution in [0.3, 0.4) is 0 Å². The molecule has 1 spiro atoms. The van der Waals surface area contributed by atoms with E-state index in [1.165, 1.54) is 12.4 Å². The Hall–Kier alpha value is -4.86. The number of nitrogen functional groups attached to an aromatic ring is 1. The van der Waals surface area contributed by atoms with E-state index in [2.05, 4.69) is 20.9 Å². The van der Waals surface area contributed by atoms with Crippen molar-refractivity contribution in [3.05, 3.63) is 72.3 Å². The van der Waals surface area contributed by atoms with Crippen LogP contribution in [0, 0.1) is 22.6 Å². The molecule has 0 saturated carbocycles. The van der Waals surface area contributed by atoms with E-state index in [0.717, 1.165) is 45.6 Å². The number of nitriles is 1. The first kappa shape index (κ1) is 30.8. The molecule has 242 valence electrons. The zero-order valence-corrected chi connectivity index (χ0v) is 26.5. The minimum atomic E-state index is -0.535. The van der Waals surface area contributed by atoms with Crippen molar-refractivity contribution in [3.8, 4) is 28.8 Å². The summed E-state index contributed by atoms with van der Waals surface area (Å²) in [6.07, 6.45) is 5.63. The van der Waals surface area contributed by atoms with Gasteiger partial charge in [-0.25, -0.2) is 19.0 Å². The number of para-hydroxylation sites is 1. The number of anilines is 1. The Kier molecular flexibility index (Phi) is 7.90. The molecule has 1 amide bonds. The molecule has 0 unspecified atom stereocenters. The second-order valence-corrected chi connectivity index (χ2v) is 13.4. The van der Waals surface area contributed by atoms with Crippen LogP contribution in [0.2, 0.25) is 0 Å². The smallest absolute Gasteiger partial charge is 0.264 e. The minimum Gasteiger partial charge on any atom is -0.457 e. The molecule has 1 atom stereocenters. The predicted molar refractivity (Wildman–Crippen MR) is 174 cm³/mol. The van der Waals surface area contributed by atoms with Crippen LogP contribution in [-0.4, -0.2) is 79.9 Å². The van der Waals surface area contributed by atoms with Crippen LogP contribution in [0.4, 0.5) is 10.2 Å². The summed E-state index contributed by atoms with van der Waals surface area (Å²) >= 11 is 0. The van der Waals surface area contributed by atoms with Gasteiger partial charge in [0.2, 0.25) is 0 Å². The van der Waals surface area contributed by atoms with Gasteiger partial charge in [0.15, 0.2) is 5.65 Å². The fourth-order valence-electron chi connectivity index (χ4n) is 6.86. The van der Waals surface area contributed by atoms with Gasteiger partial charge in [-0.1, -0.05) is 18.2 Å². The highest BCUT2D eigenvalue weighted by molar-refractivity contribution is 5.99. The Bertz CT molecular complexity index is 1890.